The van der Waals surface area contributed by atoms with Crippen molar-refractivity contribution in [2.24, 2.45) is 0 Å². The van der Waals surface area contributed by atoms with Crippen LogP contribution in [-0.2, 0) is 17.9 Å². The minimum absolute atomic E-state index is 0.00150. The highest BCUT2D eigenvalue weighted by Crippen LogP contribution is 2.23. The number of carbonyl (C=O) groups is 2. The van der Waals surface area contributed by atoms with Gasteiger partial charge in [0.05, 0.1) is 10.9 Å². The standard InChI is InChI=1S/C19H21ClN2O2S/c1-2-21(13-16-8-9-17(20)25-16)19(24)15-6-3-5-14(11-15)12-22-10-4-7-18(22)23/h3,5-6,8-9,11H,2,4,7,10,12-13H2,1H3. The Labute approximate surface area is 157 Å². The quantitative estimate of drug-likeness (QED) is 0.758. The molecule has 2 amide bonds. The molecule has 1 aliphatic rings. The van der Waals surface area contributed by atoms with E-state index in [1.807, 2.05) is 53.1 Å². The maximum atomic E-state index is 12.9. The lowest BCUT2D eigenvalue weighted by Crippen LogP contribution is -2.30. The van der Waals surface area contributed by atoms with E-state index in [9.17, 15) is 9.59 Å². The summed E-state index contributed by atoms with van der Waals surface area (Å²) >= 11 is 7.48. The fraction of sp³-hybridized carbons (Fsp3) is 0.368. The lowest BCUT2D eigenvalue weighted by molar-refractivity contribution is -0.128. The molecule has 1 fully saturated rings. The van der Waals surface area contributed by atoms with E-state index < -0.39 is 0 Å². The van der Waals surface area contributed by atoms with Crippen molar-refractivity contribution in [2.75, 3.05) is 13.1 Å². The van der Waals surface area contributed by atoms with Crippen LogP contribution in [0.2, 0.25) is 4.34 Å². The van der Waals surface area contributed by atoms with E-state index in [4.69, 9.17) is 11.6 Å². The molecule has 6 heteroatoms. The summed E-state index contributed by atoms with van der Waals surface area (Å²) in [6.07, 6.45) is 1.55. The summed E-state index contributed by atoms with van der Waals surface area (Å²) in [5.74, 6) is 0.197. The number of thiophene rings is 1. The van der Waals surface area contributed by atoms with Crippen molar-refractivity contribution in [3.63, 3.8) is 0 Å². The van der Waals surface area contributed by atoms with Crippen LogP contribution in [0.15, 0.2) is 36.4 Å². The summed E-state index contributed by atoms with van der Waals surface area (Å²) in [7, 11) is 0. The van der Waals surface area contributed by atoms with Crippen molar-refractivity contribution in [3.05, 3.63) is 56.7 Å². The average Bonchev–Trinajstić information content (AvgIpc) is 3.21. The fourth-order valence-corrected chi connectivity index (χ4v) is 4.13. The van der Waals surface area contributed by atoms with Crippen LogP contribution in [0.4, 0.5) is 0 Å². The Balaban J connectivity index is 1.71. The number of carbonyl (C=O) groups excluding carboxylic acids is 2. The average molecular weight is 377 g/mol. The zero-order chi connectivity index (χ0) is 17.8. The highest BCUT2D eigenvalue weighted by Gasteiger charge is 2.21. The zero-order valence-electron chi connectivity index (χ0n) is 14.2. The number of rotatable bonds is 6. The van der Waals surface area contributed by atoms with Gasteiger partial charge in [0, 0.05) is 36.5 Å². The monoisotopic (exact) mass is 376 g/mol. The molecule has 2 aromatic rings. The van der Waals surface area contributed by atoms with Crippen LogP contribution in [0.3, 0.4) is 0 Å². The summed E-state index contributed by atoms with van der Waals surface area (Å²) < 4.78 is 0.732. The lowest BCUT2D eigenvalue weighted by Gasteiger charge is -2.21. The predicted molar refractivity (Wildman–Crippen MR) is 101 cm³/mol. The van der Waals surface area contributed by atoms with Gasteiger partial charge in [-0.3, -0.25) is 9.59 Å². The minimum atomic E-state index is 0.00150. The third kappa shape index (κ3) is 4.41. The molecule has 0 unspecified atom stereocenters. The molecule has 3 rings (SSSR count). The van der Waals surface area contributed by atoms with E-state index in [-0.39, 0.29) is 11.8 Å². The Bertz CT molecular complexity index is 774. The van der Waals surface area contributed by atoms with Crippen molar-refractivity contribution >= 4 is 34.8 Å². The Morgan fingerprint density at radius 1 is 1.32 bits per heavy atom. The first-order valence-electron chi connectivity index (χ1n) is 8.47. The molecule has 2 heterocycles. The number of likely N-dealkylation sites (tertiary alicyclic amines) is 1. The second-order valence-electron chi connectivity index (χ2n) is 6.14. The van der Waals surface area contributed by atoms with Gasteiger partial charge in [-0.15, -0.1) is 11.3 Å². The van der Waals surface area contributed by atoms with Crippen LogP contribution in [0, 0.1) is 0 Å². The molecule has 0 spiro atoms. The molecule has 0 aliphatic carbocycles. The topological polar surface area (TPSA) is 40.6 Å². The molecular weight excluding hydrogens is 356 g/mol. The molecule has 1 aliphatic heterocycles. The normalized spacial score (nSPS) is 14.2. The summed E-state index contributed by atoms with van der Waals surface area (Å²) in [5.41, 5.74) is 1.66. The van der Waals surface area contributed by atoms with Crippen molar-refractivity contribution in [1.29, 1.82) is 0 Å². The first-order chi connectivity index (χ1) is 12.1. The van der Waals surface area contributed by atoms with Crippen molar-refractivity contribution < 1.29 is 9.59 Å². The summed E-state index contributed by atoms with van der Waals surface area (Å²) in [5, 5.41) is 0. The van der Waals surface area contributed by atoms with Gasteiger partial charge < -0.3 is 9.80 Å². The molecule has 132 valence electrons. The molecular formula is C19H21ClN2O2S. The van der Waals surface area contributed by atoms with Crippen LogP contribution < -0.4 is 0 Å². The molecule has 1 aromatic carbocycles. The van der Waals surface area contributed by atoms with Gasteiger partial charge >= 0.3 is 0 Å². The largest absolute Gasteiger partial charge is 0.338 e. The maximum absolute atomic E-state index is 12.9. The highest BCUT2D eigenvalue weighted by atomic mass is 35.5. The third-order valence-corrected chi connectivity index (χ3v) is 5.58. The van der Waals surface area contributed by atoms with Crippen molar-refractivity contribution in [2.45, 2.75) is 32.9 Å². The maximum Gasteiger partial charge on any atom is 0.254 e. The number of benzene rings is 1. The predicted octanol–water partition coefficient (Wildman–Crippen LogP) is 4.19. The molecule has 0 atom stereocenters. The lowest BCUT2D eigenvalue weighted by atomic mass is 10.1. The molecule has 1 aromatic heterocycles. The van der Waals surface area contributed by atoms with Gasteiger partial charge in [0.25, 0.3) is 5.91 Å². The smallest absolute Gasteiger partial charge is 0.254 e. The van der Waals surface area contributed by atoms with E-state index in [1.165, 1.54) is 11.3 Å². The molecule has 4 nitrogen and oxygen atoms in total. The summed E-state index contributed by atoms with van der Waals surface area (Å²) in [6.45, 7) is 4.54. The van der Waals surface area contributed by atoms with Gasteiger partial charge in [-0.2, -0.15) is 0 Å². The van der Waals surface area contributed by atoms with Crippen LogP contribution in [0.1, 0.15) is 40.6 Å². The Hall–Kier alpha value is -1.85. The van der Waals surface area contributed by atoms with E-state index >= 15 is 0 Å². The van der Waals surface area contributed by atoms with Crippen LogP contribution >= 0.6 is 22.9 Å². The minimum Gasteiger partial charge on any atom is -0.338 e. The molecule has 0 bridgehead atoms. The molecule has 0 N–H and O–H groups in total. The highest BCUT2D eigenvalue weighted by molar-refractivity contribution is 7.16. The first kappa shape index (κ1) is 18.0. The number of amides is 2. The Morgan fingerprint density at radius 3 is 2.80 bits per heavy atom. The zero-order valence-corrected chi connectivity index (χ0v) is 15.8. The number of hydrogen-bond acceptors (Lipinski definition) is 3. The van der Waals surface area contributed by atoms with Crippen molar-refractivity contribution in [3.8, 4) is 0 Å². The number of halogens is 1. The Kier molecular flexibility index (Phi) is 5.76. The van der Waals surface area contributed by atoms with Gasteiger partial charge in [0.2, 0.25) is 5.91 Å². The fourth-order valence-electron chi connectivity index (χ4n) is 3.03. The Morgan fingerprint density at radius 2 is 2.16 bits per heavy atom. The summed E-state index contributed by atoms with van der Waals surface area (Å²) in [4.78, 5) is 29.4. The molecule has 1 saturated heterocycles. The van der Waals surface area contributed by atoms with E-state index in [0.29, 0.717) is 31.6 Å². The van der Waals surface area contributed by atoms with Crippen LogP contribution in [0.5, 0.6) is 0 Å². The van der Waals surface area contributed by atoms with Crippen molar-refractivity contribution in [1.82, 2.24) is 9.80 Å². The molecule has 0 saturated carbocycles. The van der Waals surface area contributed by atoms with Gasteiger partial charge in [0.1, 0.15) is 0 Å². The first-order valence-corrected chi connectivity index (χ1v) is 9.66. The SMILES string of the molecule is CCN(Cc1ccc(Cl)s1)C(=O)c1cccc(CN2CCCC2=O)c1. The molecule has 25 heavy (non-hydrogen) atoms. The third-order valence-electron chi connectivity index (χ3n) is 4.36. The van der Waals surface area contributed by atoms with Gasteiger partial charge in [-0.05, 0) is 43.2 Å². The second-order valence-corrected chi connectivity index (χ2v) is 7.94. The van der Waals surface area contributed by atoms with Gasteiger partial charge in [0.15, 0.2) is 0 Å². The second kappa shape index (κ2) is 8.02. The van der Waals surface area contributed by atoms with E-state index in [1.54, 1.807) is 0 Å². The molecule has 0 radical (unpaired) electrons. The van der Waals surface area contributed by atoms with Gasteiger partial charge in [-0.1, -0.05) is 23.7 Å². The van der Waals surface area contributed by atoms with E-state index in [0.717, 1.165) is 27.7 Å². The number of hydrogen-bond donors (Lipinski definition) is 0. The van der Waals surface area contributed by atoms with Crippen LogP contribution in [0.25, 0.3) is 0 Å². The number of nitrogens with zero attached hydrogens (tertiary/aromatic N) is 2. The van der Waals surface area contributed by atoms with Crippen LogP contribution in [-0.4, -0.2) is 34.7 Å². The van der Waals surface area contributed by atoms with Gasteiger partial charge in [-0.25, -0.2) is 0 Å². The summed E-state index contributed by atoms with van der Waals surface area (Å²) in [6, 6.07) is 11.4. The van der Waals surface area contributed by atoms with E-state index in [2.05, 4.69) is 0 Å².